The van der Waals surface area contributed by atoms with Gasteiger partial charge in [0.25, 0.3) is 5.91 Å². The number of carbonyl (C=O) groups is 1. The highest BCUT2D eigenvalue weighted by Gasteiger charge is 2.09. The minimum absolute atomic E-state index is 0.270. The maximum absolute atomic E-state index is 12.8. The quantitative estimate of drug-likeness (QED) is 0.920. The highest BCUT2D eigenvalue weighted by Crippen LogP contribution is 2.24. The van der Waals surface area contributed by atoms with Crippen LogP contribution in [0, 0.1) is 5.82 Å². The number of nitrogens with one attached hydrogen (secondary N) is 1. The van der Waals surface area contributed by atoms with E-state index in [1.54, 1.807) is 26.4 Å². The normalized spacial score (nSPS) is 10.0. The Labute approximate surface area is 122 Å². The molecule has 2 aromatic carbocycles. The Kier molecular flexibility index (Phi) is 4.77. The maximum atomic E-state index is 12.8. The summed E-state index contributed by atoms with van der Waals surface area (Å²) in [5.41, 5.74) is 1.23. The van der Waals surface area contributed by atoms with Gasteiger partial charge >= 0.3 is 0 Å². The van der Waals surface area contributed by atoms with Crippen LogP contribution < -0.4 is 14.8 Å². The standard InChI is InChI=1S/C16H16FNO3/c1-20-14-8-5-12(15(9-14)21-2)10-18-16(19)11-3-6-13(17)7-4-11/h3-9H,10H2,1-2H3,(H,18,19). The molecular formula is C16H16FNO3. The fraction of sp³-hybridized carbons (Fsp3) is 0.188. The summed E-state index contributed by atoms with van der Waals surface area (Å²) in [6.07, 6.45) is 0. The fourth-order valence-electron chi connectivity index (χ4n) is 1.88. The molecular weight excluding hydrogens is 273 g/mol. The van der Waals surface area contributed by atoms with Crippen LogP contribution in [0.1, 0.15) is 15.9 Å². The molecule has 0 aliphatic heterocycles. The van der Waals surface area contributed by atoms with E-state index in [0.29, 0.717) is 23.6 Å². The molecule has 2 aromatic rings. The molecule has 0 spiro atoms. The Morgan fingerprint density at radius 3 is 2.43 bits per heavy atom. The third-order valence-corrected chi connectivity index (χ3v) is 3.04. The summed E-state index contributed by atoms with van der Waals surface area (Å²) in [7, 11) is 3.13. The monoisotopic (exact) mass is 289 g/mol. The average Bonchev–Trinajstić information content (AvgIpc) is 2.53. The SMILES string of the molecule is COc1ccc(CNC(=O)c2ccc(F)cc2)c(OC)c1. The van der Waals surface area contributed by atoms with Crippen molar-refractivity contribution in [1.82, 2.24) is 5.32 Å². The molecule has 0 heterocycles. The van der Waals surface area contributed by atoms with Crippen molar-refractivity contribution in [1.29, 1.82) is 0 Å². The lowest BCUT2D eigenvalue weighted by Gasteiger charge is -2.11. The first kappa shape index (κ1) is 14.8. The van der Waals surface area contributed by atoms with Crippen molar-refractivity contribution in [3.63, 3.8) is 0 Å². The van der Waals surface area contributed by atoms with E-state index >= 15 is 0 Å². The maximum Gasteiger partial charge on any atom is 0.251 e. The van der Waals surface area contributed by atoms with Crippen molar-refractivity contribution < 1.29 is 18.7 Å². The Hall–Kier alpha value is -2.56. The largest absolute Gasteiger partial charge is 0.497 e. The summed E-state index contributed by atoms with van der Waals surface area (Å²) >= 11 is 0. The second-order valence-corrected chi connectivity index (χ2v) is 4.37. The van der Waals surface area contributed by atoms with Crippen LogP contribution in [0.3, 0.4) is 0 Å². The molecule has 4 nitrogen and oxygen atoms in total. The number of rotatable bonds is 5. The lowest BCUT2D eigenvalue weighted by atomic mass is 10.1. The molecule has 0 aliphatic rings. The van der Waals surface area contributed by atoms with Crippen LogP contribution in [0.2, 0.25) is 0 Å². The number of ether oxygens (including phenoxy) is 2. The van der Waals surface area contributed by atoms with Gasteiger partial charge in [-0.05, 0) is 36.4 Å². The van der Waals surface area contributed by atoms with E-state index in [0.717, 1.165) is 5.56 Å². The van der Waals surface area contributed by atoms with Gasteiger partial charge in [-0.15, -0.1) is 0 Å². The molecule has 2 rings (SSSR count). The van der Waals surface area contributed by atoms with Crippen molar-refractivity contribution in [2.75, 3.05) is 14.2 Å². The number of hydrogen-bond donors (Lipinski definition) is 1. The molecule has 0 atom stereocenters. The number of benzene rings is 2. The van der Waals surface area contributed by atoms with Gasteiger partial charge in [0.2, 0.25) is 0 Å². The number of amides is 1. The first-order valence-corrected chi connectivity index (χ1v) is 6.38. The van der Waals surface area contributed by atoms with E-state index in [2.05, 4.69) is 5.32 Å². The summed E-state index contributed by atoms with van der Waals surface area (Å²) in [6.45, 7) is 0.309. The van der Waals surface area contributed by atoms with Crippen LogP contribution in [0.25, 0.3) is 0 Å². The van der Waals surface area contributed by atoms with Gasteiger partial charge in [0.15, 0.2) is 0 Å². The zero-order valence-electron chi connectivity index (χ0n) is 11.9. The van der Waals surface area contributed by atoms with E-state index in [-0.39, 0.29) is 11.7 Å². The first-order valence-electron chi connectivity index (χ1n) is 6.38. The van der Waals surface area contributed by atoms with E-state index in [4.69, 9.17) is 9.47 Å². The summed E-state index contributed by atoms with van der Waals surface area (Å²) < 4.78 is 23.2. The Morgan fingerprint density at radius 1 is 1.10 bits per heavy atom. The molecule has 21 heavy (non-hydrogen) atoms. The summed E-state index contributed by atoms with van der Waals surface area (Å²) in [6, 6.07) is 10.8. The van der Waals surface area contributed by atoms with Crippen LogP contribution in [-0.2, 0) is 6.54 Å². The molecule has 0 saturated heterocycles. The predicted octanol–water partition coefficient (Wildman–Crippen LogP) is 2.77. The molecule has 1 N–H and O–H groups in total. The lowest BCUT2D eigenvalue weighted by molar-refractivity contribution is 0.0950. The second-order valence-electron chi connectivity index (χ2n) is 4.37. The van der Waals surface area contributed by atoms with Crippen molar-refractivity contribution in [3.05, 3.63) is 59.4 Å². The zero-order chi connectivity index (χ0) is 15.2. The third kappa shape index (κ3) is 3.72. The smallest absolute Gasteiger partial charge is 0.251 e. The fourth-order valence-corrected chi connectivity index (χ4v) is 1.88. The van der Waals surface area contributed by atoms with Gasteiger partial charge in [-0.1, -0.05) is 0 Å². The molecule has 0 bridgehead atoms. The number of halogens is 1. The van der Waals surface area contributed by atoms with Gasteiger partial charge in [0.05, 0.1) is 14.2 Å². The van der Waals surface area contributed by atoms with Crippen molar-refractivity contribution in [2.24, 2.45) is 0 Å². The molecule has 110 valence electrons. The van der Waals surface area contributed by atoms with E-state index in [1.165, 1.54) is 24.3 Å². The van der Waals surface area contributed by atoms with Gasteiger partial charge in [-0.2, -0.15) is 0 Å². The molecule has 0 fully saturated rings. The number of methoxy groups -OCH3 is 2. The van der Waals surface area contributed by atoms with Crippen LogP contribution in [-0.4, -0.2) is 20.1 Å². The third-order valence-electron chi connectivity index (χ3n) is 3.04. The van der Waals surface area contributed by atoms with Crippen LogP contribution in [0.15, 0.2) is 42.5 Å². The topological polar surface area (TPSA) is 47.6 Å². The molecule has 0 aromatic heterocycles. The van der Waals surface area contributed by atoms with Crippen molar-refractivity contribution in [2.45, 2.75) is 6.54 Å². The number of carbonyl (C=O) groups excluding carboxylic acids is 1. The highest BCUT2D eigenvalue weighted by atomic mass is 19.1. The van der Waals surface area contributed by atoms with Gasteiger partial charge in [0.1, 0.15) is 17.3 Å². The Morgan fingerprint density at radius 2 is 1.81 bits per heavy atom. The molecule has 0 aliphatic carbocycles. The highest BCUT2D eigenvalue weighted by molar-refractivity contribution is 5.94. The Bertz CT molecular complexity index is 626. The Balaban J connectivity index is 2.05. The second kappa shape index (κ2) is 6.74. The average molecular weight is 289 g/mol. The van der Waals surface area contributed by atoms with Gasteiger partial charge in [-0.3, -0.25) is 4.79 Å². The molecule has 5 heteroatoms. The lowest BCUT2D eigenvalue weighted by Crippen LogP contribution is -2.23. The van der Waals surface area contributed by atoms with Crippen LogP contribution in [0.5, 0.6) is 11.5 Å². The van der Waals surface area contributed by atoms with E-state index in [1.807, 2.05) is 6.07 Å². The molecule has 0 radical (unpaired) electrons. The summed E-state index contributed by atoms with van der Waals surface area (Å²) in [5, 5.41) is 2.76. The minimum atomic E-state index is -0.372. The van der Waals surface area contributed by atoms with Gasteiger partial charge in [-0.25, -0.2) is 4.39 Å². The molecule has 0 unspecified atom stereocenters. The summed E-state index contributed by atoms with van der Waals surface area (Å²) in [4.78, 5) is 12.0. The van der Waals surface area contributed by atoms with Gasteiger partial charge in [0, 0.05) is 23.7 Å². The van der Waals surface area contributed by atoms with Gasteiger partial charge < -0.3 is 14.8 Å². The zero-order valence-corrected chi connectivity index (χ0v) is 11.9. The molecule has 1 amide bonds. The number of hydrogen-bond acceptors (Lipinski definition) is 3. The van der Waals surface area contributed by atoms with Crippen molar-refractivity contribution in [3.8, 4) is 11.5 Å². The van der Waals surface area contributed by atoms with Crippen LogP contribution >= 0.6 is 0 Å². The van der Waals surface area contributed by atoms with E-state index in [9.17, 15) is 9.18 Å². The van der Waals surface area contributed by atoms with Crippen LogP contribution in [0.4, 0.5) is 4.39 Å². The molecule has 0 saturated carbocycles. The van der Waals surface area contributed by atoms with Crippen molar-refractivity contribution >= 4 is 5.91 Å². The minimum Gasteiger partial charge on any atom is -0.497 e. The first-order chi connectivity index (χ1) is 10.1. The summed E-state index contributed by atoms with van der Waals surface area (Å²) in [5.74, 6) is 0.672. The van der Waals surface area contributed by atoms with E-state index < -0.39 is 0 Å². The predicted molar refractivity (Wildman–Crippen MR) is 77.1 cm³/mol.